The molecule has 0 radical (unpaired) electrons. The first-order chi connectivity index (χ1) is 12.0. The zero-order valence-corrected chi connectivity index (χ0v) is 13.6. The number of ether oxygens (including phenoxy) is 1. The van der Waals surface area contributed by atoms with Crippen LogP contribution in [-0.2, 0) is 16.6 Å². The van der Waals surface area contributed by atoms with Gasteiger partial charge in [0.25, 0.3) is 0 Å². The van der Waals surface area contributed by atoms with Gasteiger partial charge in [0.1, 0.15) is 10.6 Å². The summed E-state index contributed by atoms with van der Waals surface area (Å²) in [7, 11) is -4.48. The van der Waals surface area contributed by atoms with Crippen molar-refractivity contribution in [3.63, 3.8) is 0 Å². The molecule has 0 spiro atoms. The largest absolute Gasteiger partial charge is 0.484 e. The highest BCUT2D eigenvalue weighted by Crippen LogP contribution is 2.21. The third-order valence-electron chi connectivity index (χ3n) is 3.08. The molecule has 0 aliphatic heterocycles. The minimum absolute atomic E-state index is 0.0828. The van der Waals surface area contributed by atoms with Gasteiger partial charge in [-0.3, -0.25) is 0 Å². The van der Waals surface area contributed by atoms with Crippen LogP contribution in [0, 0.1) is 17.5 Å². The quantitative estimate of drug-likeness (QED) is 0.598. The first kappa shape index (κ1) is 20.0. The molecule has 0 fully saturated rings. The van der Waals surface area contributed by atoms with E-state index in [1.165, 1.54) is 24.3 Å². The predicted molar refractivity (Wildman–Crippen MR) is 78.3 cm³/mol. The Kier molecular flexibility index (Phi) is 5.81. The predicted octanol–water partition coefficient (Wildman–Crippen LogP) is 3.52. The number of sulfonamides is 1. The van der Waals surface area contributed by atoms with Gasteiger partial charge in [0.15, 0.2) is 24.1 Å². The lowest BCUT2D eigenvalue weighted by Crippen LogP contribution is -2.24. The van der Waals surface area contributed by atoms with Crippen LogP contribution in [0.2, 0.25) is 0 Å². The lowest BCUT2D eigenvalue weighted by Gasteiger charge is -2.11. The maximum absolute atomic E-state index is 13.6. The Morgan fingerprint density at radius 3 is 2.12 bits per heavy atom. The number of benzene rings is 2. The van der Waals surface area contributed by atoms with Crippen LogP contribution in [0.25, 0.3) is 0 Å². The molecule has 4 nitrogen and oxygen atoms in total. The van der Waals surface area contributed by atoms with E-state index in [2.05, 4.69) is 4.74 Å². The van der Waals surface area contributed by atoms with Gasteiger partial charge in [0.2, 0.25) is 10.0 Å². The molecule has 142 valence electrons. The van der Waals surface area contributed by atoms with Crippen molar-refractivity contribution in [2.24, 2.45) is 0 Å². The van der Waals surface area contributed by atoms with Gasteiger partial charge in [-0.05, 0) is 29.8 Å². The molecular weight excluding hydrogens is 388 g/mol. The summed E-state index contributed by atoms with van der Waals surface area (Å²) in [6.07, 6.45) is -4.50. The molecule has 0 atom stereocenters. The molecule has 0 unspecified atom stereocenters. The van der Waals surface area contributed by atoms with Crippen LogP contribution in [-0.4, -0.2) is 21.2 Å². The average molecular weight is 399 g/mol. The van der Waals surface area contributed by atoms with E-state index in [1.54, 1.807) is 0 Å². The first-order valence-electron chi connectivity index (χ1n) is 6.91. The topological polar surface area (TPSA) is 55.4 Å². The van der Waals surface area contributed by atoms with E-state index >= 15 is 0 Å². The Morgan fingerprint density at radius 2 is 1.54 bits per heavy atom. The van der Waals surface area contributed by atoms with Crippen molar-refractivity contribution in [1.29, 1.82) is 0 Å². The second-order valence-electron chi connectivity index (χ2n) is 5.05. The van der Waals surface area contributed by atoms with E-state index < -0.39 is 45.2 Å². The summed E-state index contributed by atoms with van der Waals surface area (Å²) >= 11 is 0. The Morgan fingerprint density at radius 1 is 0.923 bits per heavy atom. The molecule has 0 heterocycles. The van der Waals surface area contributed by atoms with E-state index in [0.717, 1.165) is 0 Å². The number of alkyl halides is 3. The maximum atomic E-state index is 13.6. The zero-order chi connectivity index (χ0) is 19.5. The van der Waals surface area contributed by atoms with Crippen LogP contribution in [0.5, 0.6) is 5.75 Å². The molecule has 0 aliphatic carbocycles. The molecule has 2 rings (SSSR count). The fraction of sp³-hybridized carbons (Fsp3) is 0.200. The summed E-state index contributed by atoms with van der Waals surface area (Å²) in [5, 5.41) is 0. The Bertz CT molecular complexity index is 881. The molecule has 0 amide bonds. The molecule has 0 aliphatic rings. The molecule has 0 saturated carbocycles. The number of halogens is 6. The fourth-order valence-corrected chi connectivity index (χ4v) is 2.93. The molecule has 0 bridgehead atoms. The lowest BCUT2D eigenvalue weighted by atomic mass is 10.2. The van der Waals surface area contributed by atoms with Crippen molar-refractivity contribution in [1.82, 2.24) is 4.72 Å². The van der Waals surface area contributed by atoms with Crippen molar-refractivity contribution in [3.8, 4) is 5.75 Å². The third kappa shape index (κ3) is 5.11. The zero-order valence-electron chi connectivity index (χ0n) is 12.8. The number of nitrogens with one attached hydrogen (secondary N) is 1. The molecule has 26 heavy (non-hydrogen) atoms. The summed E-state index contributed by atoms with van der Waals surface area (Å²) in [5.41, 5.74) is 0.316. The summed E-state index contributed by atoms with van der Waals surface area (Å²) in [4.78, 5) is -1.07. The highest BCUT2D eigenvalue weighted by molar-refractivity contribution is 7.89. The smallest absolute Gasteiger partial charge is 0.422 e. The van der Waals surface area contributed by atoms with Crippen molar-refractivity contribution >= 4 is 10.0 Å². The lowest BCUT2D eigenvalue weighted by molar-refractivity contribution is -0.153. The van der Waals surface area contributed by atoms with Gasteiger partial charge in [0, 0.05) is 6.54 Å². The van der Waals surface area contributed by atoms with Gasteiger partial charge < -0.3 is 4.74 Å². The second kappa shape index (κ2) is 7.54. The van der Waals surface area contributed by atoms with Crippen LogP contribution < -0.4 is 9.46 Å². The van der Waals surface area contributed by atoms with Crippen LogP contribution in [0.1, 0.15) is 5.56 Å². The number of hydrogen-bond donors (Lipinski definition) is 1. The van der Waals surface area contributed by atoms with Crippen LogP contribution in [0.3, 0.4) is 0 Å². The molecule has 1 N–H and O–H groups in total. The molecule has 2 aromatic rings. The minimum atomic E-state index is -4.50. The normalized spacial score (nSPS) is 12.2. The Balaban J connectivity index is 2.05. The van der Waals surface area contributed by atoms with E-state index in [1.807, 2.05) is 4.72 Å². The van der Waals surface area contributed by atoms with E-state index in [0.29, 0.717) is 17.7 Å². The number of rotatable bonds is 6. The summed E-state index contributed by atoms with van der Waals surface area (Å²) in [6, 6.07) is 6.00. The summed E-state index contributed by atoms with van der Waals surface area (Å²) in [6.45, 7) is -1.84. The SMILES string of the molecule is O=S(=O)(NCc1ccc(OCC(F)(F)F)cc1)c1ccc(F)c(F)c1F. The molecule has 0 saturated heterocycles. The third-order valence-corrected chi connectivity index (χ3v) is 4.50. The van der Waals surface area contributed by atoms with Gasteiger partial charge in [-0.1, -0.05) is 12.1 Å². The molecule has 2 aromatic carbocycles. The van der Waals surface area contributed by atoms with Crippen LogP contribution in [0.4, 0.5) is 26.3 Å². The molecule has 0 aromatic heterocycles. The van der Waals surface area contributed by atoms with Crippen molar-refractivity contribution < 1.29 is 39.5 Å². The van der Waals surface area contributed by atoms with E-state index in [4.69, 9.17) is 0 Å². The summed E-state index contributed by atoms with van der Waals surface area (Å²) in [5.74, 6) is -5.39. The van der Waals surface area contributed by atoms with Gasteiger partial charge >= 0.3 is 6.18 Å². The van der Waals surface area contributed by atoms with E-state index in [-0.39, 0.29) is 12.3 Å². The van der Waals surface area contributed by atoms with Crippen LogP contribution >= 0.6 is 0 Å². The van der Waals surface area contributed by atoms with Gasteiger partial charge in [-0.15, -0.1) is 0 Å². The van der Waals surface area contributed by atoms with Crippen molar-refractivity contribution in [2.75, 3.05) is 6.61 Å². The standard InChI is InChI=1S/C15H11F6NO3S/c16-11-5-6-12(14(18)13(11)17)26(23,24)22-7-9-1-3-10(4-2-9)25-8-15(19,20)21/h1-6,22H,7-8H2. The Hall–Kier alpha value is -2.27. The molecular formula is C15H11F6NO3S. The second-order valence-corrected chi connectivity index (χ2v) is 6.78. The highest BCUT2D eigenvalue weighted by Gasteiger charge is 2.28. The first-order valence-corrected chi connectivity index (χ1v) is 8.39. The van der Waals surface area contributed by atoms with Crippen LogP contribution in [0.15, 0.2) is 41.3 Å². The van der Waals surface area contributed by atoms with Crippen molar-refractivity contribution in [2.45, 2.75) is 17.6 Å². The monoisotopic (exact) mass is 399 g/mol. The minimum Gasteiger partial charge on any atom is -0.484 e. The van der Waals surface area contributed by atoms with Gasteiger partial charge in [-0.2, -0.15) is 13.2 Å². The molecule has 11 heteroatoms. The summed E-state index contributed by atoms with van der Waals surface area (Å²) < 4.78 is 106. The number of hydrogen-bond acceptors (Lipinski definition) is 3. The van der Waals surface area contributed by atoms with Crippen molar-refractivity contribution in [3.05, 3.63) is 59.4 Å². The average Bonchev–Trinajstić information content (AvgIpc) is 2.56. The van der Waals surface area contributed by atoms with E-state index in [9.17, 15) is 34.8 Å². The maximum Gasteiger partial charge on any atom is 0.422 e. The fourth-order valence-electron chi connectivity index (χ4n) is 1.84. The Labute approximate surface area is 144 Å². The van der Waals surface area contributed by atoms with Gasteiger partial charge in [-0.25, -0.2) is 26.3 Å². The highest BCUT2D eigenvalue weighted by atomic mass is 32.2. The van der Waals surface area contributed by atoms with Gasteiger partial charge in [0.05, 0.1) is 0 Å².